The summed E-state index contributed by atoms with van der Waals surface area (Å²) < 4.78 is 17.4. The van der Waals surface area contributed by atoms with Gasteiger partial charge in [-0.3, -0.25) is 15.5 Å². The molecule has 108 valence electrons. The molecule has 1 amide bonds. The summed E-state index contributed by atoms with van der Waals surface area (Å²) in [6.45, 7) is 0.434. The number of anilines is 1. The summed E-state index contributed by atoms with van der Waals surface area (Å²) in [4.78, 5) is 12.0. The molecule has 2 rings (SSSR count). The fourth-order valence-electron chi connectivity index (χ4n) is 2.05. The SMILES string of the molecule is COc1ccc(N[P+](=O)[C@@]2(N)CCCN(N)C2=O)cc1. The molecule has 2 atom stereocenters. The Morgan fingerprint density at radius 2 is 2.05 bits per heavy atom. The molecular weight excluding hydrogens is 279 g/mol. The lowest BCUT2D eigenvalue weighted by Gasteiger charge is -2.29. The third kappa shape index (κ3) is 2.75. The van der Waals surface area contributed by atoms with Gasteiger partial charge in [0.05, 0.1) is 12.8 Å². The number of nitrogens with zero attached hydrogens (tertiary/aromatic N) is 1. The molecule has 7 nitrogen and oxygen atoms in total. The maximum Gasteiger partial charge on any atom is 0.492 e. The molecule has 1 aromatic rings. The Morgan fingerprint density at radius 1 is 1.40 bits per heavy atom. The van der Waals surface area contributed by atoms with Crippen LogP contribution in [0.1, 0.15) is 12.8 Å². The smallest absolute Gasteiger partial charge is 0.492 e. The van der Waals surface area contributed by atoms with Gasteiger partial charge in [0, 0.05) is 13.0 Å². The van der Waals surface area contributed by atoms with E-state index in [1.807, 2.05) is 0 Å². The van der Waals surface area contributed by atoms with Crippen molar-refractivity contribution in [3.63, 3.8) is 0 Å². The van der Waals surface area contributed by atoms with E-state index < -0.39 is 19.1 Å². The number of hydrogen-bond acceptors (Lipinski definition) is 5. The fourth-order valence-corrected chi connectivity index (χ4v) is 3.29. The van der Waals surface area contributed by atoms with Gasteiger partial charge in [0.2, 0.25) is 0 Å². The van der Waals surface area contributed by atoms with Gasteiger partial charge in [-0.05, 0) is 35.3 Å². The molecule has 1 fully saturated rings. The van der Waals surface area contributed by atoms with E-state index in [4.69, 9.17) is 16.3 Å². The van der Waals surface area contributed by atoms with Crippen LogP contribution >= 0.6 is 7.95 Å². The van der Waals surface area contributed by atoms with Crippen LogP contribution in [0.5, 0.6) is 5.75 Å². The fraction of sp³-hybridized carbons (Fsp3) is 0.417. The summed E-state index contributed by atoms with van der Waals surface area (Å²) in [5.74, 6) is 5.75. The molecule has 0 aliphatic carbocycles. The number of carbonyl (C=O) groups excluding carboxylic acids is 1. The molecule has 0 bridgehead atoms. The van der Waals surface area contributed by atoms with Crippen LogP contribution in [-0.4, -0.2) is 29.9 Å². The average Bonchev–Trinajstić information content (AvgIpc) is 2.45. The normalized spacial score (nSPS) is 23.4. The first-order valence-corrected chi connectivity index (χ1v) is 7.47. The first-order valence-electron chi connectivity index (χ1n) is 6.21. The van der Waals surface area contributed by atoms with E-state index in [1.54, 1.807) is 31.4 Å². The van der Waals surface area contributed by atoms with Crippen molar-refractivity contribution in [1.82, 2.24) is 5.01 Å². The summed E-state index contributed by atoms with van der Waals surface area (Å²) in [7, 11) is -0.607. The van der Waals surface area contributed by atoms with Crippen molar-refractivity contribution in [3.05, 3.63) is 24.3 Å². The zero-order valence-electron chi connectivity index (χ0n) is 11.2. The number of methoxy groups -OCH3 is 1. The Kier molecular flexibility index (Phi) is 4.23. The van der Waals surface area contributed by atoms with E-state index in [9.17, 15) is 9.36 Å². The van der Waals surface area contributed by atoms with E-state index in [1.165, 1.54) is 0 Å². The van der Waals surface area contributed by atoms with Crippen LogP contribution in [0.3, 0.4) is 0 Å². The molecule has 1 saturated heterocycles. The number of piperidine rings is 1. The van der Waals surface area contributed by atoms with Crippen LogP contribution in [0.4, 0.5) is 5.69 Å². The second-order valence-electron chi connectivity index (χ2n) is 4.66. The van der Waals surface area contributed by atoms with Gasteiger partial charge in [-0.25, -0.2) is 5.84 Å². The molecule has 20 heavy (non-hydrogen) atoms. The highest BCUT2D eigenvalue weighted by atomic mass is 31.1. The third-order valence-electron chi connectivity index (χ3n) is 3.27. The van der Waals surface area contributed by atoms with Crippen LogP contribution in [0, 0.1) is 0 Å². The molecule has 1 aliphatic heterocycles. The van der Waals surface area contributed by atoms with E-state index in [2.05, 4.69) is 5.09 Å². The number of rotatable bonds is 4. The topological polar surface area (TPSA) is 111 Å². The van der Waals surface area contributed by atoms with Gasteiger partial charge >= 0.3 is 19.1 Å². The maximum absolute atomic E-state index is 12.4. The standard InChI is InChI=1S/C12H18N4O3P/c1-19-10-5-3-9(4-6-10)15-20(18)12(13)7-2-8-16(14)11(12)17/h3-6H,2,7-8,13-14H2,1H3,(H,15,18)/q+1/t12-/m0/s1. The Hall–Kier alpha value is -1.69. The average molecular weight is 297 g/mol. The number of nitrogens with two attached hydrogens (primary N) is 2. The van der Waals surface area contributed by atoms with Crippen LogP contribution in [0.2, 0.25) is 0 Å². The molecule has 1 heterocycles. The van der Waals surface area contributed by atoms with Crippen LogP contribution < -0.4 is 21.4 Å². The van der Waals surface area contributed by atoms with Crippen molar-refractivity contribution in [2.24, 2.45) is 11.6 Å². The zero-order valence-corrected chi connectivity index (χ0v) is 12.1. The minimum atomic E-state index is -2.17. The first kappa shape index (κ1) is 14.7. The van der Waals surface area contributed by atoms with Gasteiger partial charge in [-0.2, -0.15) is 5.09 Å². The van der Waals surface area contributed by atoms with E-state index >= 15 is 0 Å². The Labute approximate surface area is 118 Å². The van der Waals surface area contributed by atoms with E-state index in [0.29, 0.717) is 30.8 Å². The molecule has 1 unspecified atom stereocenters. The zero-order chi connectivity index (χ0) is 14.8. The molecule has 0 spiro atoms. The molecule has 1 aromatic carbocycles. The second-order valence-corrected chi connectivity index (χ2v) is 6.27. The third-order valence-corrected chi connectivity index (χ3v) is 4.87. The minimum Gasteiger partial charge on any atom is -0.497 e. The number of hydrazine groups is 1. The largest absolute Gasteiger partial charge is 0.497 e. The number of benzene rings is 1. The first-order chi connectivity index (χ1) is 9.47. The number of nitrogens with one attached hydrogen (secondary N) is 1. The molecule has 1 aliphatic rings. The van der Waals surface area contributed by atoms with Crippen LogP contribution in [0.15, 0.2) is 24.3 Å². The highest BCUT2D eigenvalue weighted by molar-refractivity contribution is 7.49. The molecule has 0 aromatic heterocycles. The number of ether oxygens (including phenoxy) is 1. The predicted octanol–water partition coefficient (Wildman–Crippen LogP) is 1.00. The highest BCUT2D eigenvalue weighted by Gasteiger charge is 2.56. The Bertz CT molecular complexity index is 522. The minimum absolute atomic E-state index is 0.345. The quantitative estimate of drug-likeness (QED) is 0.434. The van der Waals surface area contributed by atoms with Crippen LogP contribution in [0.25, 0.3) is 0 Å². The number of hydrogen-bond donors (Lipinski definition) is 3. The molecular formula is C12H18N4O3P+. The Balaban J connectivity index is 2.12. The van der Waals surface area contributed by atoms with Crippen molar-refractivity contribution >= 4 is 19.5 Å². The summed E-state index contributed by atoms with van der Waals surface area (Å²) in [5, 5.41) is 2.36. The number of amides is 1. The van der Waals surface area contributed by atoms with Gasteiger partial charge in [0.25, 0.3) is 0 Å². The van der Waals surface area contributed by atoms with E-state index in [0.717, 1.165) is 5.01 Å². The van der Waals surface area contributed by atoms with Crippen molar-refractivity contribution < 1.29 is 14.1 Å². The summed E-state index contributed by atoms with van der Waals surface area (Å²) in [5.41, 5.74) is 6.61. The van der Waals surface area contributed by atoms with Gasteiger partial charge in [-0.15, -0.1) is 0 Å². The lowest BCUT2D eigenvalue weighted by Crippen LogP contribution is -2.59. The molecule has 5 N–H and O–H groups in total. The molecule has 0 radical (unpaired) electrons. The van der Waals surface area contributed by atoms with Crippen molar-refractivity contribution in [3.8, 4) is 5.75 Å². The summed E-state index contributed by atoms with van der Waals surface area (Å²) >= 11 is 0. The maximum atomic E-state index is 12.4. The molecule has 8 heteroatoms. The van der Waals surface area contributed by atoms with Gasteiger partial charge < -0.3 is 4.74 Å². The summed E-state index contributed by atoms with van der Waals surface area (Å²) in [6.07, 6.45) is 0.974. The van der Waals surface area contributed by atoms with Gasteiger partial charge in [-0.1, -0.05) is 0 Å². The van der Waals surface area contributed by atoms with Crippen molar-refractivity contribution in [2.45, 2.75) is 18.1 Å². The lowest BCUT2D eigenvalue weighted by atomic mass is 10.1. The lowest BCUT2D eigenvalue weighted by molar-refractivity contribution is -0.136. The van der Waals surface area contributed by atoms with Gasteiger partial charge in [0.15, 0.2) is 0 Å². The Morgan fingerprint density at radius 3 is 2.65 bits per heavy atom. The van der Waals surface area contributed by atoms with Gasteiger partial charge in [0.1, 0.15) is 5.75 Å². The van der Waals surface area contributed by atoms with E-state index in [-0.39, 0.29) is 0 Å². The highest BCUT2D eigenvalue weighted by Crippen LogP contribution is 2.41. The predicted molar refractivity (Wildman–Crippen MR) is 76.3 cm³/mol. The number of carbonyl (C=O) groups is 1. The monoisotopic (exact) mass is 297 g/mol. The second kappa shape index (κ2) is 5.75. The summed E-state index contributed by atoms with van der Waals surface area (Å²) in [6, 6.07) is 6.88. The molecule has 0 saturated carbocycles. The van der Waals surface area contributed by atoms with Crippen LogP contribution in [-0.2, 0) is 9.36 Å². The van der Waals surface area contributed by atoms with Crippen molar-refractivity contribution in [2.75, 3.05) is 18.7 Å². The van der Waals surface area contributed by atoms with Crippen molar-refractivity contribution in [1.29, 1.82) is 0 Å².